The average molecular weight is 795 g/mol. The van der Waals surface area contributed by atoms with Crippen molar-refractivity contribution in [1.29, 1.82) is 5.26 Å². The molecule has 4 heteroatoms. The SMILES string of the molecule is [C-]#[N+]c1cc(C=Cc2ccc(N(c3ccccc3)c3ccc(C)c4ccccc34)cc2)c(C#N)cc1C=Cc1ccc(N(c2ccccc2)c2ccc(C)c3ccccc23)cc1. The topological polar surface area (TPSA) is 34.6 Å². The van der Waals surface area contributed by atoms with Crippen LogP contribution >= 0.6 is 0 Å². The molecule has 0 aliphatic carbocycles. The largest absolute Gasteiger partial charge is 0.310 e. The van der Waals surface area contributed by atoms with Gasteiger partial charge >= 0.3 is 0 Å². The number of nitriles is 1. The predicted octanol–water partition coefficient (Wildman–Crippen LogP) is 16.3. The third kappa shape index (κ3) is 7.85. The molecule has 0 heterocycles. The molecule has 9 rings (SSSR count). The summed E-state index contributed by atoms with van der Waals surface area (Å²) in [5.74, 6) is 0. The lowest BCUT2D eigenvalue weighted by Crippen LogP contribution is -2.10. The van der Waals surface area contributed by atoms with Crippen LogP contribution in [-0.2, 0) is 0 Å². The molecule has 0 aliphatic rings. The second kappa shape index (κ2) is 17.4. The zero-order valence-corrected chi connectivity index (χ0v) is 34.6. The summed E-state index contributed by atoms with van der Waals surface area (Å²) in [5.41, 5.74) is 13.3. The zero-order chi connectivity index (χ0) is 42.4. The highest BCUT2D eigenvalue weighted by molar-refractivity contribution is 6.02. The fourth-order valence-electron chi connectivity index (χ4n) is 8.19. The van der Waals surface area contributed by atoms with E-state index in [4.69, 9.17) is 6.57 Å². The van der Waals surface area contributed by atoms with Gasteiger partial charge < -0.3 is 9.80 Å². The van der Waals surface area contributed by atoms with Crippen LogP contribution in [-0.4, -0.2) is 0 Å². The Hall–Kier alpha value is -8.44. The van der Waals surface area contributed by atoms with Gasteiger partial charge in [-0.05, 0) is 131 Å². The molecule has 0 fully saturated rings. The predicted molar refractivity (Wildman–Crippen MR) is 262 cm³/mol. The molecule has 0 bridgehead atoms. The maximum atomic E-state index is 10.3. The summed E-state index contributed by atoms with van der Waals surface area (Å²) in [7, 11) is 0. The Morgan fingerprint density at radius 1 is 0.435 bits per heavy atom. The lowest BCUT2D eigenvalue weighted by molar-refractivity contribution is 1.29. The first-order chi connectivity index (χ1) is 30.5. The van der Waals surface area contributed by atoms with Gasteiger partial charge in [-0.15, -0.1) is 0 Å². The summed E-state index contributed by atoms with van der Waals surface area (Å²) in [6.45, 7) is 12.3. The van der Waals surface area contributed by atoms with Gasteiger partial charge in [-0.3, -0.25) is 0 Å². The van der Waals surface area contributed by atoms with E-state index in [1.807, 2.05) is 48.6 Å². The van der Waals surface area contributed by atoms with Gasteiger partial charge in [-0.2, -0.15) is 5.26 Å². The molecular weight excluding hydrogens is 753 g/mol. The van der Waals surface area contributed by atoms with E-state index in [1.165, 1.54) is 32.7 Å². The van der Waals surface area contributed by atoms with E-state index in [9.17, 15) is 5.26 Å². The van der Waals surface area contributed by atoms with Gasteiger partial charge in [0, 0.05) is 33.5 Å². The highest BCUT2D eigenvalue weighted by atomic mass is 15.1. The molecule has 9 aromatic carbocycles. The smallest absolute Gasteiger partial charge is 0.194 e. The lowest BCUT2D eigenvalue weighted by atomic mass is 10.00. The number of para-hydroxylation sites is 2. The van der Waals surface area contributed by atoms with Crippen LogP contribution in [0.25, 0.3) is 50.7 Å². The molecule has 0 radical (unpaired) electrons. The van der Waals surface area contributed by atoms with Crippen molar-refractivity contribution < 1.29 is 0 Å². The monoisotopic (exact) mass is 794 g/mol. The van der Waals surface area contributed by atoms with Crippen LogP contribution in [0.3, 0.4) is 0 Å². The normalized spacial score (nSPS) is 11.2. The van der Waals surface area contributed by atoms with E-state index < -0.39 is 0 Å². The van der Waals surface area contributed by atoms with Crippen molar-refractivity contribution in [3.05, 3.63) is 244 Å². The molecule has 9 aromatic rings. The molecule has 0 saturated heterocycles. The number of anilines is 6. The van der Waals surface area contributed by atoms with Crippen LogP contribution in [0.2, 0.25) is 0 Å². The summed E-state index contributed by atoms with van der Waals surface area (Å²) < 4.78 is 0. The van der Waals surface area contributed by atoms with Gasteiger partial charge in [0.2, 0.25) is 0 Å². The Morgan fingerprint density at radius 2 is 0.839 bits per heavy atom. The summed E-state index contributed by atoms with van der Waals surface area (Å²) >= 11 is 0. The molecule has 0 saturated carbocycles. The second-order valence-electron chi connectivity index (χ2n) is 15.3. The lowest BCUT2D eigenvalue weighted by Gasteiger charge is -2.27. The molecule has 0 aromatic heterocycles. The first kappa shape index (κ1) is 39.0. The Bertz CT molecular complexity index is 2990. The molecule has 0 N–H and O–H groups in total. The minimum atomic E-state index is 0.484. The van der Waals surface area contributed by atoms with Crippen molar-refractivity contribution in [2.45, 2.75) is 13.8 Å². The summed E-state index contributed by atoms with van der Waals surface area (Å²) in [5, 5.41) is 15.1. The first-order valence-corrected chi connectivity index (χ1v) is 20.7. The first-order valence-electron chi connectivity index (χ1n) is 20.7. The van der Waals surface area contributed by atoms with Crippen molar-refractivity contribution in [3.63, 3.8) is 0 Å². The highest BCUT2D eigenvalue weighted by Crippen LogP contribution is 2.41. The van der Waals surface area contributed by atoms with Gasteiger partial charge in [0.25, 0.3) is 0 Å². The summed E-state index contributed by atoms with van der Waals surface area (Å²) in [6.07, 6.45) is 7.84. The van der Waals surface area contributed by atoms with Crippen molar-refractivity contribution in [1.82, 2.24) is 0 Å². The van der Waals surface area contributed by atoms with E-state index in [1.54, 1.807) is 0 Å². The van der Waals surface area contributed by atoms with E-state index in [2.05, 4.69) is 204 Å². The number of nitrogens with zero attached hydrogens (tertiary/aromatic N) is 4. The molecule has 0 unspecified atom stereocenters. The number of aryl methyl sites for hydroxylation is 2. The molecule has 4 nitrogen and oxygen atoms in total. The van der Waals surface area contributed by atoms with Crippen LogP contribution in [0.1, 0.15) is 38.9 Å². The van der Waals surface area contributed by atoms with E-state index in [-0.39, 0.29) is 0 Å². The number of hydrogen-bond donors (Lipinski definition) is 0. The van der Waals surface area contributed by atoms with Gasteiger partial charge in [-0.1, -0.05) is 146 Å². The highest BCUT2D eigenvalue weighted by Gasteiger charge is 2.17. The van der Waals surface area contributed by atoms with Gasteiger partial charge in [0.05, 0.1) is 29.6 Å². The third-order valence-corrected chi connectivity index (χ3v) is 11.4. The number of benzene rings is 9. The van der Waals surface area contributed by atoms with Crippen molar-refractivity contribution in [2.75, 3.05) is 9.80 Å². The van der Waals surface area contributed by atoms with E-state index in [0.29, 0.717) is 22.4 Å². The molecule has 294 valence electrons. The molecule has 0 amide bonds. The van der Waals surface area contributed by atoms with E-state index >= 15 is 0 Å². The Balaban J connectivity index is 0.972. The van der Waals surface area contributed by atoms with Gasteiger partial charge in [0.1, 0.15) is 0 Å². The maximum absolute atomic E-state index is 10.3. The number of fused-ring (bicyclic) bond motifs is 2. The number of rotatable bonds is 10. The van der Waals surface area contributed by atoms with Crippen LogP contribution in [0, 0.1) is 31.8 Å². The Kier molecular flexibility index (Phi) is 11.0. The van der Waals surface area contributed by atoms with Crippen LogP contribution in [0.4, 0.5) is 39.8 Å². The minimum absolute atomic E-state index is 0.484. The molecule has 0 aliphatic heterocycles. The van der Waals surface area contributed by atoms with Gasteiger partial charge in [-0.25, -0.2) is 4.85 Å². The Labute approximate surface area is 363 Å². The quantitative estimate of drug-likeness (QED) is 0.102. The third-order valence-electron chi connectivity index (χ3n) is 11.4. The van der Waals surface area contributed by atoms with E-state index in [0.717, 1.165) is 45.3 Å². The standard InChI is InChI=1S/C58H42N4/c1-41-22-36-57(54-20-12-10-18-52(41)54)61(48-14-6-4-7-15-48)50-32-26-43(27-33-50)24-30-45-39-56(60-3)46(38-47(45)40-59)31-25-44-28-34-51(35-29-44)62(49-16-8-5-9-17-49)58-37-23-42(2)53-19-11-13-21-55(53)58/h4-39H,1-2H3. The van der Waals surface area contributed by atoms with Gasteiger partial charge in [0.15, 0.2) is 5.69 Å². The van der Waals surface area contributed by atoms with Crippen LogP contribution in [0.15, 0.2) is 194 Å². The second-order valence-corrected chi connectivity index (χ2v) is 15.3. The summed E-state index contributed by atoms with van der Waals surface area (Å²) in [4.78, 5) is 8.45. The average Bonchev–Trinajstić information content (AvgIpc) is 3.33. The number of hydrogen-bond acceptors (Lipinski definition) is 3. The summed E-state index contributed by atoms with van der Waals surface area (Å²) in [6, 6.07) is 69.5. The molecule has 0 atom stereocenters. The molecule has 62 heavy (non-hydrogen) atoms. The van der Waals surface area contributed by atoms with Crippen LogP contribution in [0.5, 0.6) is 0 Å². The van der Waals surface area contributed by atoms with Crippen LogP contribution < -0.4 is 9.80 Å². The minimum Gasteiger partial charge on any atom is -0.310 e. The van der Waals surface area contributed by atoms with Crippen molar-refractivity contribution in [3.8, 4) is 6.07 Å². The molecule has 0 spiro atoms. The zero-order valence-electron chi connectivity index (χ0n) is 34.6. The fourth-order valence-corrected chi connectivity index (χ4v) is 8.19. The fraction of sp³-hybridized carbons (Fsp3) is 0.0345. The maximum Gasteiger partial charge on any atom is 0.194 e. The Morgan fingerprint density at radius 3 is 1.27 bits per heavy atom. The molecular formula is C58H42N4. The van der Waals surface area contributed by atoms with Crippen molar-refractivity contribution in [2.24, 2.45) is 0 Å². The van der Waals surface area contributed by atoms with Crippen molar-refractivity contribution >= 4 is 85.7 Å².